The molecule has 1 heterocycles. The quantitative estimate of drug-likeness (QED) is 0.797. The lowest BCUT2D eigenvalue weighted by atomic mass is 10.0. The van der Waals surface area contributed by atoms with Gasteiger partial charge < -0.3 is 9.84 Å². The average Bonchev–Trinajstić information content (AvgIpc) is 2.67. The molecule has 2 unspecified atom stereocenters. The minimum atomic E-state index is -0.336. The molecule has 1 rings (SSSR count). The zero-order valence-electron chi connectivity index (χ0n) is 11.3. The molecule has 0 radical (unpaired) electrons. The Balaban J connectivity index is 2.71. The molecule has 1 aromatic heterocycles. The molecule has 0 aliphatic rings. The molecule has 4 heteroatoms. The van der Waals surface area contributed by atoms with Gasteiger partial charge in [0.1, 0.15) is 0 Å². The first-order valence-electron chi connectivity index (χ1n) is 6.47. The van der Waals surface area contributed by atoms with Gasteiger partial charge in [0.15, 0.2) is 5.75 Å². The van der Waals surface area contributed by atoms with Gasteiger partial charge in [-0.3, -0.25) is 4.68 Å². The molecule has 0 saturated carbocycles. The molecular weight excluding hydrogens is 216 g/mol. The molecule has 0 aliphatic carbocycles. The van der Waals surface area contributed by atoms with Gasteiger partial charge in [-0.1, -0.05) is 20.3 Å². The van der Waals surface area contributed by atoms with Crippen molar-refractivity contribution in [3.8, 4) is 5.75 Å². The van der Waals surface area contributed by atoms with Crippen molar-refractivity contribution in [2.75, 3.05) is 0 Å². The molecule has 2 atom stereocenters. The van der Waals surface area contributed by atoms with Crippen LogP contribution in [0.4, 0.5) is 0 Å². The summed E-state index contributed by atoms with van der Waals surface area (Å²) in [6.07, 6.45) is 6.04. The van der Waals surface area contributed by atoms with Crippen molar-refractivity contribution < 1.29 is 9.84 Å². The number of nitrogens with zero attached hydrogens (tertiary/aromatic N) is 2. The molecule has 0 amide bonds. The predicted octanol–water partition coefficient (Wildman–Crippen LogP) is 2.78. The number of hydrogen-bond donors (Lipinski definition) is 1. The highest BCUT2D eigenvalue weighted by Crippen LogP contribution is 2.22. The summed E-state index contributed by atoms with van der Waals surface area (Å²) in [6, 6.07) is 0.0412. The third-order valence-corrected chi connectivity index (χ3v) is 2.74. The standard InChI is InChI=1S/C13H24N2O2/c1-5-7-13(16)12(6-2)15-9-11(8-14-15)17-10(3)4/h8-10,12-13,16H,5-7H2,1-4H3. The van der Waals surface area contributed by atoms with Crippen molar-refractivity contribution in [2.24, 2.45) is 0 Å². The maximum absolute atomic E-state index is 10.1. The number of aliphatic hydroxyl groups excluding tert-OH is 1. The number of ether oxygens (including phenoxy) is 1. The Bertz CT molecular complexity index is 323. The van der Waals surface area contributed by atoms with E-state index in [1.54, 1.807) is 6.20 Å². The van der Waals surface area contributed by atoms with E-state index in [4.69, 9.17) is 4.74 Å². The Morgan fingerprint density at radius 3 is 2.65 bits per heavy atom. The fourth-order valence-corrected chi connectivity index (χ4v) is 1.96. The first kappa shape index (κ1) is 14.0. The second-order valence-electron chi connectivity index (χ2n) is 4.65. The summed E-state index contributed by atoms with van der Waals surface area (Å²) >= 11 is 0. The van der Waals surface area contributed by atoms with E-state index >= 15 is 0 Å². The van der Waals surface area contributed by atoms with Crippen LogP contribution in [0, 0.1) is 0 Å². The number of rotatable bonds is 7. The maximum atomic E-state index is 10.1. The molecule has 0 bridgehead atoms. The summed E-state index contributed by atoms with van der Waals surface area (Å²) < 4.78 is 7.38. The molecule has 0 fully saturated rings. The van der Waals surface area contributed by atoms with Crippen molar-refractivity contribution in [2.45, 2.75) is 65.2 Å². The molecule has 0 aliphatic heterocycles. The summed E-state index contributed by atoms with van der Waals surface area (Å²) in [5.41, 5.74) is 0. The summed E-state index contributed by atoms with van der Waals surface area (Å²) in [4.78, 5) is 0. The van der Waals surface area contributed by atoms with E-state index < -0.39 is 0 Å². The Kier molecular flexibility index (Phi) is 5.48. The van der Waals surface area contributed by atoms with Crippen LogP contribution in [0.25, 0.3) is 0 Å². The van der Waals surface area contributed by atoms with Crippen LogP contribution >= 0.6 is 0 Å². The van der Waals surface area contributed by atoms with Gasteiger partial charge in [-0.15, -0.1) is 0 Å². The minimum Gasteiger partial charge on any atom is -0.488 e. The maximum Gasteiger partial charge on any atom is 0.157 e. The average molecular weight is 240 g/mol. The third-order valence-electron chi connectivity index (χ3n) is 2.74. The lowest BCUT2D eigenvalue weighted by molar-refractivity contribution is 0.0940. The Hall–Kier alpha value is -1.03. The Morgan fingerprint density at radius 2 is 2.12 bits per heavy atom. The van der Waals surface area contributed by atoms with Crippen molar-refractivity contribution in [3.05, 3.63) is 12.4 Å². The molecule has 0 saturated heterocycles. The van der Waals surface area contributed by atoms with Gasteiger partial charge in [0, 0.05) is 0 Å². The van der Waals surface area contributed by atoms with Crippen LogP contribution in [0.3, 0.4) is 0 Å². The highest BCUT2D eigenvalue weighted by atomic mass is 16.5. The van der Waals surface area contributed by atoms with Crippen LogP contribution < -0.4 is 4.74 Å². The van der Waals surface area contributed by atoms with Gasteiger partial charge in [-0.25, -0.2) is 0 Å². The highest BCUT2D eigenvalue weighted by molar-refractivity contribution is 5.12. The van der Waals surface area contributed by atoms with Crippen molar-refractivity contribution in [1.82, 2.24) is 9.78 Å². The van der Waals surface area contributed by atoms with E-state index in [1.165, 1.54) is 0 Å². The van der Waals surface area contributed by atoms with Crippen molar-refractivity contribution in [1.29, 1.82) is 0 Å². The molecule has 0 aromatic carbocycles. The van der Waals surface area contributed by atoms with Gasteiger partial charge in [0.2, 0.25) is 0 Å². The summed E-state index contributed by atoms with van der Waals surface area (Å²) in [5, 5.41) is 14.3. The van der Waals surface area contributed by atoms with Crippen LogP contribution in [-0.2, 0) is 0 Å². The van der Waals surface area contributed by atoms with E-state index in [9.17, 15) is 5.11 Å². The van der Waals surface area contributed by atoms with Gasteiger partial charge in [0.05, 0.1) is 30.6 Å². The molecule has 17 heavy (non-hydrogen) atoms. The van der Waals surface area contributed by atoms with E-state index in [0.717, 1.165) is 25.0 Å². The molecule has 98 valence electrons. The topological polar surface area (TPSA) is 47.3 Å². The second-order valence-corrected chi connectivity index (χ2v) is 4.65. The van der Waals surface area contributed by atoms with E-state index in [0.29, 0.717) is 0 Å². The van der Waals surface area contributed by atoms with Crippen LogP contribution in [0.5, 0.6) is 5.75 Å². The zero-order valence-corrected chi connectivity index (χ0v) is 11.3. The van der Waals surface area contributed by atoms with E-state index in [-0.39, 0.29) is 18.2 Å². The van der Waals surface area contributed by atoms with Crippen LogP contribution in [-0.4, -0.2) is 27.1 Å². The number of aliphatic hydroxyl groups is 1. The van der Waals surface area contributed by atoms with E-state index in [2.05, 4.69) is 18.9 Å². The van der Waals surface area contributed by atoms with Crippen LogP contribution in [0.2, 0.25) is 0 Å². The van der Waals surface area contributed by atoms with Crippen LogP contribution in [0.15, 0.2) is 12.4 Å². The van der Waals surface area contributed by atoms with Gasteiger partial charge in [0.25, 0.3) is 0 Å². The van der Waals surface area contributed by atoms with Crippen molar-refractivity contribution in [3.63, 3.8) is 0 Å². The normalized spacial score (nSPS) is 14.9. The second kappa shape index (κ2) is 6.64. The monoisotopic (exact) mass is 240 g/mol. The fourth-order valence-electron chi connectivity index (χ4n) is 1.96. The molecule has 0 spiro atoms. The lowest BCUT2D eigenvalue weighted by Crippen LogP contribution is -2.23. The molecule has 4 nitrogen and oxygen atoms in total. The van der Waals surface area contributed by atoms with E-state index in [1.807, 2.05) is 24.7 Å². The Morgan fingerprint density at radius 1 is 1.41 bits per heavy atom. The number of aromatic nitrogens is 2. The third kappa shape index (κ3) is 4.04. The zero-order chi connectivity index (χ0) is 12.8. The lowest BCUT2D eigenvalue weighted by Gasteiger charge is -2.21. The first-order valence-corrected chi connectivity index (χ1v) is 6.47. The largest absolute Gasteiger partial charge is 0.488 e. The summed E-state index contributed by atoms with van der Waals surface area (Å²) in [5.74, 6) is 0.766. The fraction of sp³-hybridized carbons (Fsp3) is 0.769. The predicted molar refractivity (Wildman–Crippen MR) is 68.2 cm³/mol. The molecular formula is C13H24N2O2. The summed E-state index contributed by atoms with van der Waals surface area (Å²) in [7, 11) is 0. The summed E-state index contributed by atoms with van der Waals surface area (Å²) in [6.45, 7) is 8.11. The minimum absolute atomic E-state index is 0.0412. The SMILES string of the molecule is CCCC(O)C(CC)n1cc(OC(C)C)cn1. The highest BCUT2D eigenvalue weighted by Gasteiger charge is 2.19. The number of hydrogen-bond acceptors (Lipinski definition) is 3. The van der Waals surface area contributed by atoms with Gasteiger partial charge in [-0.2, -0.15) is 5.10 Å². The van der Waals surface area contributed by atoms with Gasteiger partial charge >= 0.3 is 0 Å². The molecule has 1 N–H and O–H groups in total. The van der Waals surface area contributed by atoms with Gasteiger partial charge in [-0.05, 0) is 26.7 Å². The smallest absolute Gasteiger partial charge is 0.157 e. The van der Waals surface area contributed by atoms with Crippen LogP contribution in [0.1, 0.15) is 53.0 Å². The van der Waals surface area contributed by atoms with Crippen molar-refractivity contribution >= 4 is 0 Å². The molecule has 1 aromatic rings. The first-order chi connectivity index (χ1) is 8.08. The Labute approximate surface area is 104 Å².